The van der Waals surface area contributed by atoms with Crippen LogP contribution in [0.3, 0.4) is 0 Å². The molecule has 1 aromatic heterocycles. The van der Waals surface area contributed by atoms with Gasteiger partial charge in [-0.25, -0.2) is 4.39 Å². The highest BCUT2D eigenvalue weighted by Gasteiger charge is 2.30. The van der Waals surface area contributed by atoms with Gasteiger partial charge in [0.25, 0.3) is 5.91 Å². The summed E-state index contributed by atoms with van der Waals surface area (Å²) in [6, 6.07) is 11.8. The summed E-state index contributed by atoms with van der Waals surface area (Å²) in [5.41, 5.74) is 0.687. The number of carbonyl (C=O) groups excluding carboxylic acids is 1. The van der Waals surface area contributed by atoms with Crippen molar-refractivity contribution in [3.63, 3.8) is 0 Å². The van der Waals surface area contributed by atoms with Gasteiger partial charge in [0, 0.05) is 5.69 Å². The first-order valence-electron chi connectivity index (χ1n) is 8.72. The second-order valence-electron chi connectivity index (χ2n) is 6.59. The maximum absolute atomic E-state index is 13.1. The van der Waals surface area contributed by atoms with E-state index in [1.165, 1.54) is 30.3 Å². The van der Waals surface area contributed by atoms with Crippen molar-refractivity contribution < 1.29 is 27.1 Å². The van der Waals surface area contributed by atoms with E-state index in [1.54, 1.807) is 16.8 Å². The first kappa shape index (κ1) is 19.1. The number of nitrogens with one attached hydrogen (secondary N) is 1. The van der Waals surface area contributed by atoms with Crippen LogP contribution in [0.2, 0.25) is 0 Å². The number of ether oxygens (including phenoxy) is 1. The predicted octanol–water partition coefficient (Wildman–Crippen LogP) is 4.56. The van der Waals surface area contributed by atoms with E-state index < -0.39 is 17.6 Å². The SMILES string of the molecule is O=C(Nc1cccc(C(F)(F)F)c1)c1cc2n(n1)CC(c1ccc(F)cc1)OC2. The number of carbonyl (C=O) groups is 1. The molecule has 0 bridgehead atoms. The normalized spacial score (nSPS) is 16.3. The predicted molar refractivity (Wildman–Crippen MR) is 95.6 cm³/mol. The minimum Gasteiger partial charge on any atom is -0.365 e. The topological polar surface area (TPSA) is 56.2 Å². The van der Waals surface area contributed by atoms with Crippen LogP contribution in [0.15, 0.2) is 54.6 Å². The van der Waals surface area contributed by atoms with Gasteiger partial charge in [-0.05, 0) is 42.0 Å². The molecule has 2 aromatic carbocycles. The molecule has 150 valence electrons. The van der Waals surface area contributed by atoms with Crippen LogP contribution in [0.4, 0.5) is 23.2 Å². The van der Waals surface area contributed by atoms with Gasteiger partial charge in [0.15, 0.2) is 5.69 Å². The van der Waals surface area contributed by atoms with Crippen LogP contribution < -0.4 is 5.32 Å². The van der Waals surface area contributed by atoms with Crippen LogP contribution in [-0.2, 0) is 24.1 Å². The number of alkyl halides is 3. The molecule has 0 fully saturated rings. The summed E-state index contributed by atoms with van der Waals surface area (Å²) >= 11 is 0. The summed E-state index contributed by atoms with van der Waals surface area (Å²) in [5.74, 6) is -0.970. The molecule has 1 amide bonds. The fourth-order valence-electron chi connectivity index (χ4n) is 3.08. The molecule has 3 aromatic rings. The standard InChI is InChI=1S/C20H15F4N3O2/c21-14-6-4-12(5-7-14)18-10-27-16(11-29-18)9-17(26-27)19(28)25-15-3-1-2-13(8-15)20(22,23)24/h1-9,18H,10-11H2,(H,25,28). The van der Waals surface area contributed by atoms with E-state index in [-0.39, 0.29) is 29.9 Å². The van der Waals surface area contributed by atoms with E-state index in [0.29, 0.717) is 12.2 Å². The molecule has 0 radical (unpaired) electrons. The fraction of sp³-hybridized carbons (Fsp3) is 0.200. The zero-order chi connectivity index (χ0) is 20.6. The average molecular weight is 405 g/mol. The maximum atomic E-state index is 13.1. The molecule has 1 aliphatic heterocycles. The highest BCUT2D eigenvalue weighted by Crippen LogP contribution is 2.31. The Morgan fingerprint density at radius 1 is 1.14 bits per heavy atom. The van der Waals surface area contributed by atoms with Gasteiger partial charge in [-0.2, -0.15) is 18.3 Å². The fourth-order valence-corrected chi connectivity index (χ4v) is 3.08. The summed E-state index contributed by atoms with van der Waals surface area (Å²) < 4.78 is 58.9. The lowest BCUT2D eigenvalue weighted by Gasteiger charge is -2.24. The van der Waals surface area contributed by atoms with E-state index in [4.69, 9.17) is 4.74 Å². The van der Waals surface area contributed by atoms with Crippen molar-refractivity contribution in [3.05, 3.63) is 82.9 Å². The van der Waals surface area contributed by atoms with Gasteiger partial charge in [-0.15, -0.1) is 0 Å². The quantitative estimate of drug-likeness (QED) is 0.650. The Labute approximate surface area is 162 Å². The van der Waals surface area contributed by atoms with Gasteiger partial charge in [0.1, 0.15) is 11.9 Å². The Kier molecular flexibility index (Phi) is 4.83. The lowest BCUT2D eigenvalue weighted by Crippen LogP contribution is -2.22. The van der Waals surface area contributed by atoms with Crippen molar-refractivity contribution in [1.29, 1.82) is 0 Å². The lowest BCUT2D eigenvalue weighted by atomic mass is 10.1. The summed E-state index contributed by atoms with van der Waals surface area (Å²) in [6.07, 6.45) is -4.84. The molecule has 1 unspecified atom stereocenters. The number of rotatable bonds is 3. The average Bonchev–Trinajstić information content (AvgIpc) is 3.12. The van der Waals surface area contributed by atoms with Gasteiger partial charge in [0.05, 0.1) is 24.4 Å². The van der Waals surface area contributed by atoms with Crippen molar-refractivity contribution in [2.24, 2.45) is 0 Å². The van der Waals surface area contributed by atoms with Gasteiger partial charge in [-0.3, -0.25) is 9.48 Å². The number of hydrogen-bond donors (Lipinski definition) is 1. The highest BCUT2D eigenvalue weighted by atomic mass is 19.4. The molecular weight excluding hydrogens is 390 g/mol. The summed E-state index contributed by atoms with van der Waals surface area (Å²) in [5, 5.41) is 6.67. The summed E-state index contributed by atoms with van der Waals surface area (Å²) in [4.78, 5) is 12.4. The molecule has 4 rings (SSSR count). The molecule has 1 aliphatic rings. The van der Waals surface area contributed by atoms with Crippen molar-refractivity contribution >= 4 is 11.6 Å². The second-order valence-corrected chi connectivity index (χ2v) is 6.59. The molecule has 0 spiro atoms. The van der Waals surface area contributed by atoms with Crippen LogP contribution in [0, 0.1) is 5.82 Å². The molecule has 5 nitrogen and oxygen atoms in total. The maximum Gasteiger partial charge on any atom is 0.416 e. The van der Waals surface area contributed by atoms with Crippen molar-refractivity contribution in [3.8, 4) is 0 Å². The number of amides is 1. The van der Waals surface area contributed by atoms with E-state index in [9.17, 15) is 22.4 Å². The monoisotopic (exact) mass is 405 g/mol. The number of fused-ring (bicyclic) bond motifs is 1. The molecule has 1 N–H and O–H groups in total. The Morgan fingerprint density at radius 3 is 2.62 bits per heavy atom. The minimum atomic E-state index is -4.50. The van der Waals surface area contributed by atoms with Crippen LogP contribution >= 0.6 is 0 Å². The Hall–Kier alpha value is -3.20. The number of nitrogens with zero attached hydrogens (tertiary/aromatic N) is 2. The largest absolute Gasteiger partial charge is 0.416 e. The number of anilines is 1. The van der Waals surface area contributed by atoms with Crippen molar-refractivity contribution in [2.45, 2.75) is 25.4 Å². The van der Waals surface area contributed by atoms with Crippen LogP contribution in [-0.4, -0.2) is 15.7 Å². The highest BCUT2D eigenvalue weighted by molar-refractivity contribution is 6.03. The molecule has 29 heavy (non-hydrogen) atoms. The number of aromatic nitrogens is 2. The smallest absolute Gasteiger partial charge is 0.365 e. The second kappa shape index (κ2) is 7.32. The van der Waals surface area contributed by atoms with Crippen molar-refractivity contribution in [2.75, 3.05) is 5.32 Å². The molecule has 1 atom stereocenters. The van der Waals surface area contributed by atoms with Gasteiger partial charge < -0.3 is 10.1 Å². The van der Waals surface area contributed by atoms with Gasteiger partial charge >= 0.3 is 6.18 Å². The van der Waals surface area contributed by atoms with E-state index in [2.05, 4.69) is 10.4 Å². The summed E-state index contributed by atoms with van der Waals surface area (Å²) in [7, 11) is 0. The van der Waals surface area contributed by atoms with Crippen LogP contribution in [0.5, 0.6) is 0 Å². The molecule has 0 saturated heterocycles. The van der Waals surface area contributed by atoms with Gasteiger partial charge in [-0.1, -0.05) is 18.2 Å². The minimum absolute atomic E-state index is 0.0243. The molecular formula is C20H15F4N3O2. The third kappa shape index (κ3) is 4.14. The van der Waals surface area contributed by atoms with E-state index in [0.717, 1.165) is 17.7 Å². The Bertz CT molecular complexity index is 1040. The van der Waals surface area contributed by atoms with Crippen molar-refractivity contribution in [1.82, 2.24) is 9.78 Å². The number of halogens is 4. The first-order valence-corrected chi connectivity index (χ1v) is 8.72. The Balaban J connectivity index is 1.49. The Morgan fingerprint density at radius 2 is 1.90 bits per heavy atom. The number of hydrogen-bond acceptors (Lipinski definition) is 3. The number of benzene rings is 2. The van der Waals surface area contributed by atoms with Gasteiger partial charge in [0.2, 0.25) is 0 Å². The first-order chi connectivity index (χ1) is 13.8. The zero-order valence-electron chi connectivity index (χ0n) is 14.9. The molecule has 2 heterocycles. The van der Waals surface area contributed by atoms with Crippen LogP contribution in [0.1, 0.15) is 33.4 Å². The van der Waals surface area contributed by atoms with E-state index in [1.807, 2.05) is 0 Å². The summed E-state index contributed by atoms with van der Waals surface area (Å²) in [6.45, 7) is 0.531. The molecule has 0 aliphatic carbocycles. The van der Waals surface area contributed by atoms with E-state index >= 15 is 0 Å². The van der Waals surface area contributed by atoms with Crippen LogP contribution in [0.25, 0.3) is 0 Å². The molecule has 9 heteroatoms. The lowest BCUT2D eigenvalue weighted by molar-refractivity contribution is -0.137. The third-order valence-electron chi connectivity index (χ3n) is 4.56. The third-order valence-corrected chi connectivity index (χ3v) is 4.56. The molecule has 0 saturated carbocycles. The zero-order valence-corrected chi connectivity index (χ0v) is 14.9.